The fourth-order valence-corrected chi connectivity index (χ4v) is 1.98. The van der Waals surface area contributed by atoms with Gasteiger partial charge in [-0.05, 0) is 48.5 Å². The predicted molar refractivity (Wildman–Crippen MR) is 89.0 cm³/mol. The fourth-order valence-electron chi connectivity index (χ4n) is 1.86. The molecule has 7 heteroatoms. The second kappa shape index (κ2) is 6.73. The third-order valence-corrected chi connectivity index (χ3v) is 3.20. The first kappa shape index (κ1) is 14.8. The lowest BCUT2D eigenvalue weighted by Gasteiger charge is -2.07. The van der Waals surface area contributed by atoms with Crippen LogP contribution in [0.25, 0.3) is 0 Å². The van der Waals surface area contributed by atoms with Crippen molar-refractivity contribution in [1.29, 1.82) is 5.26 Å². The second-order valence-corrected chi connectivity index (χ2v) is 5.05. The summed E-state index contributed by atoms with van der Waals surface area (Å²) in [5.41, 5.74) is 2.21. The van der Waals surface area contributed by atoms with Crippen molar-refractivity contribution >= 4 is 34.7 Å². The Morgan fingerprint density at radius 1 is 0.913 bits per heavy atom. The molecule has 23 heavy (non-hydrogen) atoms. The van der Waals surface area contributed by atoms with Crippen molar-refractivity contribution in [2.24, 2.45) is 0 Å². The molecular formula is C16H11ClN6. The quantitative estimate of drug-likeness (QED) is 0.758. The van der Waals surface area contributed by atoms with E-state index < -0.39 is 0 Å². The summed E-state index contributed by atoms with van der Waals surface area (Å²) >= 11 is 5.86. The zero-order valence-electron chi connectivity index (χ0n) is 11.9. The first-order valence-electron chi connectivity index (χ1n) is 6.72. The van der Waals surface area contributed by atoms with Crippen molar-refractivity contribution in [2.75, 3.05) is 10.6 Å². The molecule has 2 N–H and O–H groups in total. The molecule has 0 radical (unpaired) electrons. The molecule has 0 aliphatic carbocycles. The number of hydrogen-bond donors (Lipinski definition) is 2. The Balaban J connectivity index is 1.74. The summed E-state index contributed by atoms with van der Waals surface area (Å²) in [6.45, 7) is 0. The van der Waals surface area contributed by atoms with Crippen molar-refractivity contribution in [3.63, 3.8) is 0 Å². The molecule has 0 aliphatic rings. The molecule has 2 aromatic carbocycles. The van der Waals surface area contributed by atoms with Gasteiger partial charge in [-0.3, -0.25) is 0 Å². The number of aromatic nitrogens is 3. The minimum Gasteiger partial charge on any atom is -0.339 e. The maximum Gasteiger partial charge on any atom is 0.249 e. The van der Waals surface area contributed by atoms with Gasteiger partial charge in [-0.2, -0.15) is 15.3 Å². The van der Waals surface area contributed by atoms with Crippen molar-refractivity contribution in [3.8, 4) is 6.07 Å². The molecule has 112 valence electrons. The summed E-state index contributed by atoms with van der Waals surface area (Å²) in [7, 11) is 0. The van der Waals surface area contributed by atoms with Gasteiger partial charge in [-0.1, -0.05) is 11.6 Å². The Kier molecular flexibility index (Phi) is 4.32. The van der Waals surface area contributed by atoms with Gasteiger partial charge >= 0.3 is 0 Å². The molecule has 0 amide bonds. The van der Waals surface area contributed by atoms with Crippen molar-refractivity contribution in [1.82, 2.24) is 15.2 Å². The van der Waals surface area contributed by atoms with Gasteiger partial charge < -0.3 is 10.6 Å². The van der Waals surface area contributed by atoms with E-state index in [9.17, 15) is 0 Å². The molecule has 0 unspecified atom stereocenters. The summed E-state index contributed by atoms with van der Waals surface area (Å²) < 4.78 is 0. The van der Waals surface area contributed by atoms with Crippen LogP contribution in [0.15, 0.2) is 54.7 Å². The van der Waals surface area contributed by atoms with Gasteiger partial charge in [0.05, 0.1) is 17.8 Å². The van der Waals surface area contributed by atoms with E-state index in [2.05, 4.69) is 31.9 Å². The first-order chi connectivity index (χ1) is 11.2. The second-order valence-electron chi connectivity index (χ2n) is 4.61. The Morgan fingerprint density at radius 3 is 2.26 bits per heavy atom. The van der Waals surface area contributed by atoms with Crippen LogP contribution < -0.4 is 10.6 Å². The van der Waals surface area contributed by atoms with Gasteiger partial charge in [0.1, 0.15) is 0 Å². The maximum absolute atomic E-state index is 8.79. The highest BCUT2D eigenvalue weighted by Crippen LogP contribution is 2.18. The predicted octanol–water partition coefficient (Wildman–Crippen LogP) is 3.88. The summed E-state index contributed by atoms with van der Waals surface area (Å²) in [6.07, 6.45) is 1.53. The number of nitrogens with zero attached hydrogens (tertiary/aromatic N) is 4. The van der Waals surface area contributed by atoms with Crippen LogP contribution in [0.5, 0.6) is 0 Å². The summed E-state index contributed by atoms with van der Waals surface area (Å²) in [5.74, 6) is 0.909. The molecule has 1 aromatic heterocycles. The van der Waals surface area contributed by atoms with E-state index in [0.717, 1.165) is 11.4 Å². The number of nitriles is 1. The molecule has 0 bridgehead atoms. The molecular weight excluding hydrogens is 312 g/mol. The lowest BCUT2D eigenvalue weighted by molar-refractivity contribution is 0.982. The molecule has 0 aliphatic heterocycles. The Hall–Kier alpha value is -3.17. The van der Waals surface area contributed by atoms with Crippen LogP contribution >= 0.6 is 11.6 Å². The average molecular weight is 323 g/mol. The Morgan fingerprint density at radius 2 is 1.57 bits per heavy atom. The topological polar surface area (TPSA) is 86.5 Å². The van der Waals surface area contributed by atoms with Gasteiger partial charge in [0.2, 0.25) is 5.95 Å². The van der Waals surface area contributed by atoms with E-state index in [-0.39, 0.29) is 0 Å². The van der Waals surface area contributed by atoms with E-state index in [4.69, 9.17) is 16.9 Å². The molecule has 0 fully saturated rings. The standard InChI is InChI=1S/C16H11ClN6/c17-12-3-7-13(8-4-12)20-15-10-19-23-16(22-15)21-14-5-1-11(9-18)2-6-14/h1-8,10H,(H2,20,21,22,23). The van der Waals surface area contributed by atoms with Crippen LogP contribution in [-0.4, -0.2) is 15.2 Å². The van der Waals surface area contributed by atoms with E-state index in [1.807, 2.05) is 12.1 Å². The number of halogens is 1. The molecule has 6 nitrogen and oxygen atoms in total. The van der Waals surface area contributed by atoms with Crippen LogP contribution in [0.3, 0.4) is 0 Å². The molecule has 0 spiro atoms. The van der Waals surface area contributed by atoms with Gasteiger partial charge in [0, 0.05) is 16.4 Å². The van der Waals surface area contributed by atoms with Gasteiger partial charge in [0.15, 0.2) is 5.82 Å². The maximum atomic E-state index is 8.79. The van der Waals surface area contributed by atoms with Crippen LogP contribution in [0.1, 0.15) is 5.56 Å². The molecule has 1 heterocycles. The highest BCUT2D eigenvalue weighted by Gasteiger charge is 2.02. The molecule has 3 aromatic rings. The Labute approximate surface area is 137 Å². The van der Waals surface area contributed by atoms with Gasteiger partial charge in [-0.15, -0.1) is 5.10 Å². The minimum atomic E-state index is 0.355. The molecule has 0 saturated heterocycles. The van der Waals surface area contributed by atoms with Crippen molar-refractivity contribution in [2.45, 2.75) is 0 Å². The normalized spacial score (nSPS) is 9.91. The lowest BCUT2D eigenvalue weighted by Crippen LogP contribution is -2.02. The fraction of sp³-hybridized carbons (Fsp3) is 0. The summed E-state index contributed by atoms with van der Waals surface area (Å²) in [6, 6.07) is 16.3. The van der Waals surface area contributed by atoms with Crippen LogP contribution in [0, 0.1) is 11.3 Å². The highest BCUT2D eigenvalue weighted by atomic mass is 35.5. The van der Waals surface area contributed by atoms with Crippen molar-refractivity contribution in [3.05, 3.63) is 65.3 Å². The number of hydrogen-bond acceptors (Lipinski definition) is 6. The van der Waals surface area contributed by atoms with Crippen LogP contribution in [0.4, 0.5) is 23.1 Å². The summed E-state index contributed by atoms with van der Waals surface area (Å²) in [5, 5.41) is 23.5. The number of rotatable bonds is 4. The first-order valence-corrected chi connectivity index (χ1v) is 7.10. The van der Waals surface area contributed by atoms with E-state index >= 15 is 0 Å². The van der Waals surface area contributed by atoms with Crippen LogP contribution in [-0.2, 0) is 0 Å². The molecule has 3 rings (SSSR count). The zero-order chi connectivity index (χ0) is 16.1. The number of nitrogens with one attached hydrogen (secondary N) is 2. The number of anilines is 4. The van der Waals surface area contributed by atoms with Gasteiger partial charge in [-0.25, -0.2) is 0 Å². The highest BCUT2D eigenvalue weighted by molar-refractivity contribution is 6.30. The minimum absolute atomic E-state index is 0.355. The Bertz CT molecular complexity index is 840. The third-order valence-electron chi connectivity index (χ3n) is 2.95. The average Bonchev–Trinajstić information content (AvgIpc) is 2.58. The smallest absolute Gasteiger partial charge is 0.249 e. The van der Waals surface area contributed by atoms with E-state index in [1.54, 1.807) is 36.4 Å². The van der Waals surface area contributed by atoms with Crippen molar-refractivity contribution < 1.29 is 0 Å². The van der Waals surface area contributed by atoms with E-state index in [0.29, 0.717) is 22.4 Å². The number of benzene rings is 2. The monoisotopic (exact) mass is 322 g/mol. The lowest BCUT2D eigenvalue weighted by atomic mass is 10.2. The van der Waals surface area contributed by atoms with Crippen LogP contribution in [0.2, 0.25) is 5.02 Å². The molecule has 0 saturated carbocycles. The molecule has 0 atom stereocenters. The zero-order valence-corrected chi connectivity index (χ0v) is 12.6. The van der Waals surface area contributed by atoms with E-state index in [1.165, 1.54) is 6.20 Å². The van der Waals surface area contributed by atoms with Gasteiger partial charge in [0.25, 0.3) is 0 Å². The largest absolute Gasteiger partial charge is 0.339 e. The summed E-state index contributed by atoms with van der Waals surface area (Å²) in [4.78, 5) is 4.33. The third kappa shape index (κ3) is 3.93. The SMILES string of the molecule is N#Cc1ccc(Nc2nncc(Nc3ccc(Cl)cc3)n2)cc1.